The lowest BCUT2D eigenvalue weighted by molar-refractivity contribution is -0.0102. The van der Waals surface area contributed by atoms with Gasteiger partial charge in [0.25, 0.3) is 5.91 Å². The number of carbonyl (C=O) groups excluding carboxylic acids is 1. The Kier molecular flexibility index (Phi) is 5.34. The van der Waals surface area contributed by atoms with Crippen molar-refractivity contribution in [2.24, 2.45) is 5.41 Å². The van der Waals surface area contributed by atoms with Crippen LogP contribution in [0.25, 0.3) is 0 Å². The molecule has 0 radical (unpaired) electrons. The van der Waals surface area contributed by atoms with E-state index in [4.69, 9.17) is 0 Å². The number of aromatic nitrogens is 1. The first-order chi connectivity index (χ1) is 13.1. The maximum Gasteiger partial charge on any atom is 0.254 e. The summed E-state index contributed by atoms with van der Waals surface area (Å²) in [5, 5.41) is 14.1. The maximum absolute atomic E-state index is 12.9. The molecule has 1 aromatic heterocycles. The van der Waals surface area contributed by atoms with Gasteiger partial charge in [-0.2, -0.15) is 0 Å². The van der Waals surface area contributed by atoms with Crippen LogP contribution in [0.5, 0.6) is 0 Å². The van der Waals surface area contributed by atoms with E-state index >= 15 is 0 Å². The molecule has 1 spiro atoms. The van der Waals surface area contributed by atoms with Crippen LogP contribution in [-0.2, 0) is 0 Å². The molecule has 3 aliphatic heterocycles. The molecule has 4 rings (SSSR count). The molecule has 4 heterocycles. The summed E-state index contributed by atoms with van der Waals surface area (Å²) >= 11 is 0. The fourth-order valence-corrected chi connectivity index (χ4v) is 4.69. The summed E-state index contributed by atoms with van der Waals surface area (Å²) in [6.07, 6.45) is 4.37. The number of hydrogen-bond acceptors (Lipinski definition) is 6. The Hall–Kier alpha value is -1.70. The monoisotopic (exact) mass is 373 g/mol. The Bertz CT molecular complexity index is 672. The van der Waals surface area contributed by atoms with E-state index in [0.29, 0.717) is 5.56 Å². The number of piperazine rings is 1. The number of piperidine rings is 2. The molecule has 0 aliphatic carbocycles. The van der Waals surface area contributed by atoms with Gasteiger partial charge < -0.3 is 25.1 Å². The lowest BCUT2D eigenvalue weighted by Crippen LogP contribution is -2.58. The normalized spacial score (nSPS) is 29.9. The van der Waals surface area contributed by atoms with E-state index in [1.54, 1.807) is 6.20 Å². The summed E-state index contributed by atoms with van der Waals surface area (Å²) in [5.41, 5.74) is 0.613. The van der Waals surface area contributed by atoms with Crippen molar-refractivity contribution in [2.45, 2.75) is 25.4 Å². The van der Waals surface area contributed by atoms with Crippen molar-refractivity contribution in [1.82, 2.24) is 20.1 Å². The van der Waals surface area contributed by atoms with Crippen LogP contribution in [0.3, 0.4) is 0 Å². The predicted molar refractivity (Wildman–Crippen MR) is 105 cm³/mol. The van der Waals surface area contributed by atoms with Crippen LogP contribution in [0, 0.1) is 5.41 Å². The minimum absolute atomic E-state index is 0.0952. The highest BCUT2D eigenvalue weighted by Crippen LogP contribution is 2.37. The Balaban J connectivity index is 1.49. The quantitative estimate of drug-likeness (QED) is 0.783. The lowest BCUT2D eigenvalue weighted by atomic mass is 9.72. The molecule has 7 heteroatoms. The minimum Gasteiger partial charge on any atom is -0.392 e. The summed E-state index contributed by atoms with van der Waals surface area (Å²) in [5.74, 6) is 0.949. The topological polar surface area (TPSA) is 71.9 Å². The van der Waals surface area contributed by atoms with E-state index in [1.165, 1.54) is 0 Å². The van der Waals surface area contributed by atoms with Crippen LogP contribution in [0.4, 0.5) is 5.82 Å². The number of amides is 1. The maximum atomic E-state index is 12.9. The summed E-state index contributed by atoms with van der Waals surface area (Å²) in [6.45, 7) is 6.84. The Labute approximate surface area is 161 Å². The molecule has 2 N–H and O–H groups in total. The second-order valence-electron chi connectivity index (χ2n) is 8.37. The number of aliphatic hydroxyl groups is 1. The summed E-state index contributed by atoms with van der Waals surface area (Å²) < 4.78 is 0. The van der Waals surface area contributed by atoms with Crippen LogP contribution < -0.4 is 10.2 Å². The fourth-order valence-electron chi connectivity index (χ4n) is 4.69. The van der Waals surface area contributed by atoms with E-state index in [0.717, 1.165) is 77.4 Å². The first-order valence-corrected chi connectivity index (χ1v) is 10.1. The Morgan fingerprint density at radius 3 is 2.89 bits per heavy atom. The second-order valence-corrected chi connectivity index (χ2v) is 8.37. The van der Waals surface area contributed by atoms with Gasteiger partial charge in [-0.05, 0) is 45.0 Å². The number of pyridine rings is 1. The molecule has 3 fully saturated rings. The van der Waals surface area contributed by atoms with Crippen LogP contribution in [0.1, 0.15) is 29.6 Å². The Morgan fingerprint density at radius 1 is 1.30 bits per heavy atom. The van der Waals surface area contributed by atoms with Crippen molar-refractivity contribution in [2.75, 3.05) is 64.3 Å². The molecule has 3 aliphatic rings. The number of carbonyl (C=O) groups is 1. The van der Waals surface area contributed by atoms with Gasteiger partial charge in [-0.25, -0.2) is 4.98 Å². The van der Waals surface area contributed by atoms with Gasteiger partial charge in [0.05, 0.1) is 6.10 Å². The standard InChI is InChI=1S/C20H31N5O2/c1-23-9-11-24(12-10-23)19(27)16-3-7-22-18(13-16)25-8-2-5-20(15-25)14-21-6-4-17(20)26/h3,7,13,17,21,26H,2,4-6,8-12,14-15H2,1H3/t17-,20-/m0/s1. The molecule has 7 nitrogen and oxygen atoms in total. The average Bonchev–Trinajstić information content (AvgIpc) is 2.71. The van der Waals surface area contributed by atoms with Gasteiger partial charge in [0.2, 0.25) is 0 Å². The van der Waals surface area contributed by atoms with E-state index in [9.17, 15) is 9.90 Å². The number of aliphatic hydroxyl groups excluding tert-OH is 1. The van der Waals surface area contributed by atoms with Crippen molar-refractivity contribution >= 4 is 11.7 Å². The molecule has 27 heavy (non-hydrogen) atoms. The van der Waals surface area contributed by atoms with E-state index in [-0.39, 0.29) is 17.4 Å². The second kappa shape index (κ2) is 7.73. The average molecular weight is 374 g/mol. The van der Waals surface area contributed by atoms with Crippen molar-refractivity contribution in [3.63, 3.8) is 0 Å². The highest BCUT2D eigenvalue weighted by Gasteiger charge is 2.43. The zero-order chi connectivity index (χ0) is 18.9. The van der Waals surface area contributed by atoms with Crippen molar-refractivity contribution in [3.05, 3.63) is 23.9 Å². The largest absolute Gasteiger partial charge is 0.392 e. The number of anilines is 1. The Morgan fingerprint density at radius 2 is 2.11 bits per heavy atom. The van der Waals surface area contributed by atoms with Crippen LogP contribution in [-0.4, -0.2) is 91.3 Å². The van der Waals surface area contributed by atoms with Gasteiger partial charge in [0, 0.05) is 63.0 Å². The lowest BCUT2D eigenvalue weighted by Gasteiger charge is -2.48. The van der Waals surface area contributed by atoms with E-state index in [1.807, 2.05) is 17.0 Å². The zero-order valence-corrected chi connectivity index (χ0v) is 16.2. The minimum atomic E-state index is -0.267. The first-order valence-electron chi connectivity index (χ1n) is 10.1. The number of nitrogens with zero attached hydrogens (tertiary/aromatic N) is 4. The highest BCUT2D eigenvalue weighted by atomic mass is 16.3. The van der Waals surface area contributed by atoms with Gasteiger partial charge in [-0.3, -0.25) is 4.79 Å². The van der Waals surface area contributed by atoms with Crippen molar-refractivity contribution in [1.29, 1.82) is 0 Å². The van der Waals surface area contributed by atoms with Gasteiger partial charge in [0.15, 0.2) is 0 Å². The first kappa shape index (κ1) is 18.7. The molecule has 1 amide bonds. The molecular weight excluding hydrogens is 342 g/mol. The molecule has 2 atom stereocenters. The molecule has 0 aromatic carbocycles. The van der Waals surface area contributed by atoms with Crippen LogP contribution in [0.2, 0.25) is 0 Å². The van der Waals surface area contributed by atoms with Crippen LogP contribution >= 0.6 is 0 Å². The molecule has 0 saturated carbocycles. The molecular formula is C20H31N5O2. The number of rotatable bonds is 2. The zero-order valence-electron chi connectivity index (χ0n) is 16.2. The molecule has 1 aromatic rings. The highest BCUT2D eigenvalue weighted by molar-refractivity contribution is 5.95. The molecule has 148 valence electrons. The molecule has 3 saturated heterocycles. The van der Waals surface area contributed by atoms with Gasteiger partial charge in [0.1, 0.15) is 5.82 Å². The van der Waals surface area contributed by atoms with Gasteiger partial charge in [-0.1, -0.05) is 0 Å². The number of nitrogens with one attached hydrogen (secondary N) is 1. The van der Waals surface area contributed by atoms with Gasteiger partial charge >= 0.3 is 0 Å². The number of likely N-dealkylation sites (N-methyl/N-ethyl adjacent to an activating group) is 1. The fraction of sp³-hybridized carbons (Fsp3) is 0.700. The third-order valence-electron chi connectivity index (χ3n) is 6.49. The van der Waals surface area contributed by atoms with Crippen molar-refractivity contribution < 1.29 is 9.90 Å². The van der Waals surface area contributed by atoms with Gasteiger partial charge in [-0.15, -0.1) is 0 Å². The van der Waals surface area contributed by atoms with E-state index < -0.39 is 0 Å². The number of hydrogen-bond donors (Lipinski definition) is 2. The molecule has 0 unspecified atom stereocenters. The smallest absolute Gasteiger partial charge is 0.254 e. The third-order valence-corrected chi connectivity index (χ3v) is 6.49. The summed E-state index contributed by atoms with van der Waals surface area (Å²) in [6, 6.07) is 3.75. The summed E-state index contributed by atoms with van der Waals surface area (Å²) in [4.78, 5) is 23.9. The SMILES string of the molecule is CN1CCN(C(=O)c2ccnc(N3CCC[C@]4(CNCC[C@@H]4O)C3)c2)CC1. The predicted octanol–water partition coefficient (Wildman–Crippen LogP) is 0.410. The third kappa shape index (κ3) is 3.81. The van der Waals surface area contributed by atoms with Crippen molar-refractivity contribution in [3.8, 4) is 0 Å². The summed E-state index contributed by atoms with van der Waals surface area (Å²) in [7, 11) is 2.09. The van der Waals surface area contributed by atoms with Crippen LogP contribution in [0.15, 0.2) is 18.3 Å². The molecule has 0 bridgehead atoms. The van der Waals surface area contributed by atoms with E-state index in [2.05, 4.69) is 27.1 Å².